The van der Waals surface area contributed by atoms with E-state index in [4.69, 9.17) is 27.9 Å². The van der Waals surface area contributed by atoms with Crippen molar-refractivity contribution >= 4 is 34.8 Å². The van der Waals surface area contributed by atoms with Gasteiger partial charge in [0.1, 0.15) is 0 Å². The molecule has 2 aromatic rings. The van der Waals surface area contributed by atoms with Crippen LogP contribution in [-0.2, 0) is 11.3 Å². The molecular formula is C18H18Cl2N2O2. The number of nitrogens with one attached hydrogen (secondary N) is 1. The summed E-state index contributed by atoms with van der Waals surface area (Å²) >= 11 is 11.9. The molecular weight excluding hydrogens is 347 g/mol. The van der Waals surface area contributed by atoms with E-state index < -0.39 is 0 Å². The van der Waals surface area contributed by atoms with E-state index in [9.17, 15) is 4.79 Å². The van der Waals surface area contributed by atoms with Crippen molar-refractivity contribution in [1.29, 1.82) is 0 Å². The molecule has 0 aromatic heterocycles. The molecule has 6 heteroatoms. The van der Waals surface area contributed by atoms with Crippen LogP contribution in [0.1, 0.15) is 15.9 Å². The van der Waals surface area contributed by atoms with Crippen LogP contribution in [0.4, 0.5) is 5.69 Å². The van der Waals surface area contributed by atoms with Crippen LogP contribution in [0.15, 0.2) is 42.5 Å². The lowest BCUT2D eigenvalue weighted by molar-refractivity contribution is 0.0342. The highest BCUT2D eigenvalue weighted by atomic mass is 35.5. The Kier molecular flexibility index (Phi) is 5.74. The molecule has 2 aromatic carbocycles. The Bertz CT molecular complexity index is 731. The highest BCUT2D eigenvalue weighted by molar-refractivity contribution is 6.42. The summed E-state index contributed by atoms with van der Waals surface area (Å²) in [6.07, 6.45) is 0. The molecule has 3 rings (SSSR count). The quantitative estimate of drug-likeness (QED) is 0.888. The predicted octanol–water partition coefficient (Wildman–Crippen LogP) is 4.08. The van der Waals surface area contributed by atoms with Crippen LogP contribution in [0.3, 0.4) is 0 Å². The van der Waals surface area contributed by atoms with E-state index in [-0.39, 0.29) is 5.91 Å². The number of carbonyl (C=O) groups is 1. The molecule has 1 aliphatic heterocycles. The number of hydrogen-bond acceptors (Lipinski definition) is 3. The van der Waals surface area contributed by atoms with Crippen molar-refractivity contribution in [3.05, 3.63) is 63.6 Å². The first-order valence-electron chi connectivity index (χ1n) is 7.77. The molecule has 1 heterocycles. The average molecular weight is 365 g/mol. The normalized spacial score (nSPS) is 15.2. The van der Waals surface area contributed by atoms with Crippen molar-refractivity contribution < 1.29 is 9.53 Å². The van der Waals surface area contributed by atoms with E-state index in [0.29, 0.717) is 21.3 Å². The molecule has 0 radical (unpaired) electrons. The number of amides is 1. The maximum Gasteiger partial charge on any atom is 0.255 e. The summed E-state index contributed by atoms with van der Waals surface area (Å²) < 4.78 is 5.36. The van der Waals surface area contributed by atoms with E-state index in [1.54, 1.807) is 24.3 Å². The van der Waals surface area contributed by atoms with E-state index in [1.807, 2.05) is 18.2 Å². The second-order valence-electron chi connectivity index (χ2n) is 5.67. The van der Waals surface area contributed by atoms with Crippen molar-refractivity contribution in [1.82, 2.24) is 4.90 Å². The van der Waals surface area contributed by atoms with Gasteiger partial charge in [-0.1, -0.05) is 35.3 Å². The summed E-state index contributed by atoms with van der Waals surface area (Å²) in [4.78, 5) is 14.8. The molecule has 1 saturated heterocycles. The number of morpholine rings is 1. The molecule has 0 unspecified atom stereocenters. The average Bonchev–Trinajstić information content (AvgIpc) is 2.59. The lowest BCUT2D eigenvalue weighted by atomic mass is 10.1. The molecule has 0 spiro atoms. The van der Waals surface area contributed by atoms with Gasteiger partial charge in [0.2, 0.25) is 0 Å². The zero-order valence-corrected chi connectivity index (χ0v) is 14.6. The van der Waals surface area contributed by atoms with Crippen LogP contribution >= 0.6 is 23.2 Å². The third-order valence-electron chi connectivity index (χ3n) is 3.88. The molecule has 0 saturated carbocycles. The molecule has 0 bridgehead atoms. The molecule has 0 aliphatic carbocycles. The van der Waals surface area contributed by atoms with Crippen molar-refractivity contribution in [2.24, 2.45) is 0 Å². The fourth-order valence-corrected chi connectivity index (χ4v) is 2.90. The first-order valence-corrected chi connectivity index (χ1v) is 8.53. The zero-order chi connectivity index (χ0) is 16.9. The minimum Gasteiger partial charge on any atom is -0.379 e. The number of hydrogen-bond donors (Lipinski definition) is 1. The summed E-state index contributed by atoms with van der Waals surface area (Å²) in [7, 11) is 0. The highest BCUT2D eigenvalue weighted by Crippen LogP contribution is 2.25. The van der Waals surface area contributed by atoms with Crippen molar-refractivity contribution in [3.63, 3.8) is 0 Å². The summed E-state index contributed by atoms with van der Waals surface area (Å²) in [5, 5.41) is 3.71. The number of rotatable bonds is 4. The van der Waals surface area contributed by atoms with Crippen LogP contribution in [0.2, 0.25) is 10.0 Å². The fourth-order valence-electron chi connectivity index (χ4n) is 2.61. The van der Waals surface area contributed by atoms with Gasteiger partial charge in [-0.05, 0) is 35.9 Å². The number of nitrogens with zero attached hydrogens (tertiary/aromatic N) is 1. The van der Waals surface area contributed by atoms with Crippen molar-refractivity contribution in [3.8, 4) is 0 Å². The Hall–Kier alpha value is -1.59. The van der Waals surface area contributed by atoms with Crippen molar-refractivity contribution in [2.45, 2.75) is 6.54 Å². The number of ether oxygens (including phenoxy) is 1. The third-order valence-corrected chi connectivity index (χ3v) is 4.62. The molecule has 1 amide bonds. The number of halogens is 2. The highest BCUT2D eigenvalue weighted by Gasteiger charge is 2.12. The van der Waals surface area contributed by atoms with Gasteiger partial charge in [0.05, 0.1) is 23.3 Å². The minimum atomic E-state index is -0.169. The Labute approximate surface area is 151 Å². The van der Waals surface area contributed by atoms with Crippen LogP contribution in [-0.4, -0.2) is 37.1 Å². The maximum atomic E-state index is 12.4. The summed E-state index contributed by atoms with van der Waals surface area (Å²) in [6.45, 7) is 4.17. The Balaban J connectivity index is 1.68. The van der Waals surface area contributed by atoms with Gasteiger partial charge in [0, 0.05) is 30.9 Å². The van der Waals surface area contributed by atoms with Crippen LogP contribution in [0, 0.1) is 0 Å². The van der Waals surface area contributed by atoms with Crippen LogP contribution in [0.5, 0.6) is 0 Å². The monoisotopic (exact) mass is 364 g/mol. The van der Waals surface area contributed by atoms with Crippen molar-refractivity contribution in [2.75, 3.05) is 31.6 Å². The van der Waals surface area contributed by atoms with Gasteiger partial charge in [-0.25, -0.2) is 0 Å². The Morgan fingerprint density at radius 1 is 1.08 bits per heavy atom. The first kappa shape index (κ1) is 17.2. The Morgan fingerprint density at radius 2 is 1.88 bits per heavy atom. The summed E-state index contributed by atoms with van der Waals surface area (Å²) in [5.74, 6) is -0.169. The number of carbonyl (C=O) groups excluding carboxylic acids is 1. The largest absolute Gasteiger partial charge is 0.379 e. The molecule has 4 nitrogen and oxygen atoms in total. The van der Waals surface area contributed by atoms with Crippen LogP contribution < -0.4 is 5.32 Å². The second-order valence-corrected chi connectivity index (χ2v) is 6.49. The summed E-state index contributed by atoms with van der Waals surface area (Å²) in [5.41, 5.74) is 2.35. The standard InChI is InChI=1S/C18H18Cl2N2O2/c19-16-5-4-15(11-17(16)20)21-18(23)14-3-1-2-13(10-14)12-22-6-8-24-9-7-22/h1-5,10-11H,6-9,12H2,(H,21,23). The van der Waals surface area contributed by atoms with E-state index >= 15 is 0 Å². The van der Waals surface area contributed by atoms with Gasteiger partial charge in [0.25, 0.3) is 5.91 Å². The second kappa shape index (κ2) is 7.99. The van der Waals surface area contributed by atoms with Gasteiger partial charge < -0.3 is 10.1 Å². The lowest BCUT2D eigenvalue weighted by Crippen LogP contribution is -2.35. The minimum absolute atomic E-state index is 0.169. The fraction of sp³-hybridized carbons (Fsp3) is 0.278. The van der Waals surface area contributed by atoms with E-state index in [0.717, 1.165) is 38.4 Å². The molecule has 1 N–H and O–H groups in total. The van der Waals surface area contributed by atoms with E-state index in [2.05, 4.69) is 10.2 Å². The molecule has 0 atom stereocenters. The number of benzene rings is 2. The predicted molar refractivity (Wildman–Crippen MR) is 97.0 cm³/mol. The Morgan fingerprint density at radius 3 is 2.62 bits per heavy atom. The lowest BCUT2D eigenvalue weighted by Gasteiger charge is -2.26. The molecule has 24 heavy (non-hydrogen) atoms. The maximum absolute atomic E-state index is 12.4. The van der Waals surface area contributed by atoms with Gasteiger partial charge in [-0.2, -0.15) is 0 Å². The topological polar surface area (TPSA) is 41.6 Å². The first-order chi connectivity index (χ1) is 11.6. The van der Waals surface area contributed by atoms with E-state index in [1.165, 1.54) is 0 Å². The molecule has 126 valence electrons. The SMILES string of the molecule is O=C(Nc1ccc(Cl)c(Cl)c1)c1cccc(CN2CCOCC2)c1. The van der Waals surface area contributed by atoms with Gasteiger partial charge >= 0.3 is 0 Å². The molecule has 1 aliphatic rings. The van der Waals surface area contributed by atoms with Gasteiger partial charge in [0.15, 0.2) is 0 Å². The third kappa shape index (κ3) is 4.48. The number of anilines is 1. The van der Waals surface area contributed by atoms with Gasteiger partial charge in [-0.15, -0.1) is 0 Å². The van der Waals surface area contributed by atoms with Gasteiger partial charge in [-0.3, -0.25) is 9.69 Å². The van der Waals surface area contributed by atoms with Crippen LogP contribution in [0.25, 0.3) is 0 Å². The molecule has 1 fully saturated rings. The smallest absolute Gasteiger partial charge is 0.255 e. The summed E-state index contributed by atoms with van der Waals surface area (Å²) in [6, 6.07) is 12.7. The zero-order valence-electron chi connectivity index (χ0n) is 13.1.